The zero-order valence-corrected chi connectivity index (χ0v) is 23.3. The number of hydrogen-bond acceptors (Lipinski definition) is 5. The average Bonchev–Trinajstić information content (AvgIpc) is 2.86. The standard InChI is InChI=1S/C31H34N4O5/c1-7-35(29(38)25(18-26(32)36)34-30(39)40-31(4,5)6)27(24-16-19(2)12-13-20(24)3)28(37)33-23-15-14-21-10-8-9-11-22(21)17-23/h1,8-17,25,27H,18H2,2-6H3,(H2,32,36)(H,33,37)(H,34,39). The number of nitrogens with zero attached hydrogens (tertiary/aromatic N) is 1. The van der Waals surface area contributed by atoms with Crippen LogP contribution in [0.15, 0.2) is 60.7 Å². The van der Waals surface area contributed by atoms with Gasteiger partial charge in [-0.2, -0.15) is 0 Å². The molecule has 2 unspecified atom stereocenters. The van der Waals surface area contributed by atoms with E-state index in [2.05, 4.69) is 16.7 Å². The van der Waals surface area contributed by atoms with Crippen molar-refractivity contribution in [3.8, 4) is 12.5 Å². The van der Waals surface area contributed by atoms with Crippen LogP contribution >= 0.6 is 0 Å². The number of carbonyl (C=O) groups is 4. The molecule has 4 amide bonds. The predicted octanol–water partition coefficient (Wildman–Crippen LogP) is 4.32. The highest BCUT2D eigenvalue weighted by atomic mass is 16.6. The molecule has 208 valence electrons. The molecule has 0 aromatic heterocycles. The van der Waals surface area contributed by atoms with Crippen molar-refractivity contribution in [2.45, 2.75) is 58.7 Å². The summed E-state index contributed by atoms with van der Waals surface area (Å²) in [6.45, 7) is 8.60. The number of ether oxygens (including phenoxy) is 1. The summed E-state index contributed by atoms with van der Waals surface area (Å²) >= 11 is 0. The molecule has 3 rings (SSSR count). The third-order valence-corrected chi connectivity index (χ3v) is 6.02. The first-order chi connectivity index (χ1) is 18.8. The molecule has 0 aliphatic carbocycles. The highest BCUT2D eigenvalue weighted by Gasteiger charge is 2.37. The Morgan fingerprint density at radius 2 is 1.68 bits per heavy atom. The van der Waals surface area contributed by atoms with Gasteiger partial charge in [-0.15, -0.1) is 0 Å². The third kappa shape index (κ3) is 7.60. The van der Waals surface area contributed by atoms with E-state index in [1.54, 1.807) is 39.8 Å². The molecule has 0 aliphatic heterocycles. The second kappa shape index (κ2) is 12.3. The van der Waals surface area contributed by atoms with Crippen LogP contribution < -0.4 is 16.4 Å². The van der Waals surface area contributed by atoms with Crippen LogP contribution in [0.1, 0.15) is 49.9 Å². The SMILES string of the molecule is C#CN(C(=O)C(CC(N)=O)NC(=O)OC(C)(C)C)C(C(=O)Nc1ccc2ccccc2c1)c1cc(C)ccc1C. The molecule has 0 aliphatic rings. The van der Waals surface area contributed by atoms with E-state index in [1.165, 1.54) is 0 Å². The van der Waals surface area contributed by atoms with E-state index >= 15 is 0 Å². The molecule has 0 saturated heterocycles. The van der Waals surface area contributed by atoms with Crippen LogP contribution in [0.4, 0.5) is 10.5 Å². The number of benzene rings is 3. The van der Waals surface area contributed by atoms with E-state index in [0.29, 0.717) is 16.8 Å². The van der Waals surface area contributed by atoms with Crippen LogP contribution in [0.3, 0.4) is 0 Å². The number of aryl methyl sites for hydroxylation is 2. The lowest BCUT2D eigenvalue weighted by atomic mass is 9.96. The van der Waals surface area contributed by atoms with Crippen LogP contribution in [0, 0.1) is 26.3 Å². The number of alkyl carbamates (subject to hydrolysis) is 1. The fourth-order valence-corrected chi connectivity index (χ4v) is 4.21. The van der Waals surface area contributed by atoms with Crippen molar-refractivity contribution in [2.75, 3.05) is 5.32 Å². The molecule has 0 saturated carbocycles. The Kier molecular flexibility index (Phi) is 9.17. The second-order valence-electron chi connectivity index (χ2n) is 10.5. The van der Waals surface area contributed by atoms with Crippen molar-refractivity contribution in [1.82, 2.24) is 10.2 Å². The summed E-state index contributed by atoms with van der Waals surface area (Å²) in [5.41, 5.74) is 7.06. The summed E-state index contributed by atoms with van der Waals surface area (Å²) in [7, 11) is 0. The van der Waals surface area contributed by atoms with Crippen molar-refractivity contribution in [3.05, 3.63) is 77.4 Å². The number of fused-ring (bicyclic) bond motifs is 1. The minimum atomic E-state index is -1.47. The second-order valence-corrected chi connectivity index (χ2v) is 10.5. The number of amides is 4. The smallest absolute Gasteiger partial charge is 0.408 e. The molecule has 2 atom stereocenters. The quantitative estimate of drug-likeness (QED) is 0.288. The summed E-state index contributed by atoms with van der Waals surface area (Å²) < 4.78 is 5.25. The number of hydrogen-bond donors (Lipinski definition) is 3. The number of nitrogens with two attached hydrogens (primary N) is 1. The number of anilines is 1. The fourth-order valence-electron chi connectivity index (χ4n) is 4.21. The first-order valence-corrected chi connectivity index (χ1v) is 12.7. The topological polar surface area (TPSA) is 131 Å². The van der Waals surface area contributed by atoms with E-state index in [1.807, 2.05) is 55.5 Å². The summed E-state index contributed by atoms with van der Waals surface area (Å²) in [6, 6.07) is 18.1. The molecule has 4 N–H and O–H groups in total. The van der Waals surface area contributed by atoms with Gasteiger partial charge >= 0.3 is 6.09 Å². The maximum absolute atomic E-state index is 13.9. The van der Waals surface area contributed by atoms with E-state index in [-0.39, 0.29) is 0 Å². The number of primary amides is 1. The average molecular weight is 543 g/mol. The molecule has 3 aromatic rings. The van der Waals surface area contributed by atoms with E-state index in [4.69, 9.17) is 16.9 Å². The van der Waals surface area contributed by atoms with Crippen molar-refractivity contribution in [2.24, 2.45) is 5.73 Å². The van der Waals surface area contributed by atoms with Crippen LogP contribution in [0.2, 0.25) is 0 Å². The normalized spacial score (nSPS) is 12.5. The molecule has 0 heterocycles. The number of rotatable bonds is 8. The summed E-state index contributed by atoms with van der Waals surface area (Å²) in [5, 5.41) is 7.16. The lowest BCUT2D eigenvalue weighted by Gasteiger charge is -2.31. The van der Waals surface area contributed by atoms with Gasteiger partial charge in [0.05, 0.1) is 6.42 Å². The van der Waals surface area contributed by atoms with E-state index in [0.717, 1.165) is 21.2 Å². The molecule has 0 bridgehead atoms. The summed E-state index contributed by atoms with van der Waals surface area (Å²) in [5.74, 6) is -2.30. The van der Waals surface area contributed by atoms with Gasteiger partial charge in [0.2, 0.25) is 5.91 Å². The van der Waals surface area contributed by atoms with E-state index < -0.39 is 47.9 Å². The van der Waals surface area contributed by atoms with E-state index in [9.17, 15) is 19.2 Å². The molecule has 9 heteroatoms. The Labute approximate surface area is 234 Å². The van der Waals surface area contributed by atoms with Gasteiger partial charge < -0.3 is 21.1 Å². The monoisotopic (exact) mass is 542 g/mol. The Bertz CT molecular complexity index is 1490. The van der Waals surface area contributed by atoms with Crippen molar-refractivity contribution in [1.29, 1.82) is 0 Å². The fraction of sp³-hybridized carbons (Fsp3) is 0.290. The van der Waals surface area contributed by atoms with Crippen LogP contribution in [0.5, 0.6) is 0 Å². The van der Waals surface area contributed by atoms with Gasteiger partial charge in [-0.25, -0.2) is 4.79 Å². The van der Waals surface area contributed by atoms with Gasteiger partial charge in [-0.05, 0) is 68.7 Å². The molecule has 40 heavy (non-hydrogen) atoms. The molecule has 0 spiro atoms. The van der Waals surface area contributed by atoms with Crippen molar-refractivity contribution >= 4 is 40.3 Å². The van der Waals surface area contributed by atoms with Gasteiger partial charge in [0.25, 0.3) is 11.8 Å². The number of terminal acetylenes is 1. The Morgan fingerprint density at radius 3 is 2.30 bits per heavy atom. The highest BCUT2D eigenvalue weighted by Crippen LogP contribution is 2.28. The Hall–Kier alpha value is -4.84. The Balaban J connectivity index is 2.03. The lowest BCUT2D eigenvalue weighted by Crippen LogP contribution is -2.52. The molecule has 9 nitrogen and oxygen atoms in total. The molecule has 0 radical (unpaired) electrons. The number of nitrogens with one attached hydrogen (secondary N) is 2. The lowest BCUT2D eigenvalue weighted by molar-refractivity contribution is -0.138. The zero-order chi connectivity index (χ0) is 29.6. The zero-order valence-electron chi connectivity index (χ0n) is 23.3. The molecule has 3 aromatic carbocycles. The largest absolute Gasteiger partial charge is 0.444 e. The highest BCUT2D eigenvalue weighted by molar-refractivity contribution is 6.01. The maximum atomic E-state index is 13.9. The summed E-state index contributed by atoms with van der Waals surface area (Å²) in [4.78, 5) is 52.9. The third-order valence-electron chi connectivity index (χ3n) is 6.02. The minimum absolute atomic E-state index is 0.486. The van der Waals surface area contributed by atoms with Gasteiger partial charge in [0.1, 0.15) is 17.7 Å². The van der Waals surface area contributed by atoms with Crippen molar-refractivity contribution in [3.63, 3.8) is 0 Å². The van der Waals surface area contributed by atoms with Gasteiger partial charge in [0, 0.05) is 11.7 Å². The van der Waals surface area contributed by atoms with Gasteiger partial charge in [-0.1, -0.05) is 60.5 Å². The number of carbonyl (C=O) groups excluding carboxylic acids is 4. The predicted molar refractivity (Wildman–Crippen MR) is 154 cm³/mol. The van der Waals surface area contributed by atoms with Gasteiger partial charge in [-0.3, -0.25) is 19.3 Å². The molecular formula is C31H34N4O5. The first-order valence-electron chi connectivity index (χ1n) is 12.7. The molecular weight excluding hydrogens is 508 g/mol. The van der Waals surface area contributed by atoms with Crippen LogP contribution in [0.25, 0.3) is 10.8 Å². The van der Waals surface area contributed by atoms with Crippen LogP contribution in [-0.2, 0) is 19.1 Å². The van der Waals surface area contributed by atoms with Crippen LogP contribution in [-0.4, -0.2) is 40.4 Å². The molecule has 0 fully saturated rings. The first kappa shape index (κ1) is 29.7. The maximum Gasteiger partial charge on any atom is 0.408 e. The van der Waals surface area contributed by atoms with Crippen molar-refractivity contribution < 1.29 is 23.9 Å². The van der Waals surface area contributed by atoms with Gasteiger partial charge in [0.15, 0.2) is 0 Å². The summed E-state index contributed by atoms with van der Waals surface area (Å²) in [6.07, 6.45) is 4.33. The minimum Gasteiger partial charge on any atom is -0.444 e. The Morgan fingerprint density at radius 1 is 1.00 bits per heavy atom.